The van der Waals surface area contributed by atoms with Crippen LogP contribution in [0, 0.1) is 17.0 Å². The molecule has 1 heterocycles. The third-order valence-corrected chi connectivity index (χ3v) is 4.93. The van der Waals surface area contributed by atoms with Gasteiger partial charge in [0, 0.05) is 28.8 Å². The number of non-ortho nitro benzene ring substituents is 1. The molecule has 0 saturated carbocycles. The lowest BCUT2D eigenvalue weighted by Gasteiger charge is -2.12. The number of anilines is 1. The van der Waals surface area contributed by atoms with Gasteiger partial charge >= 0.3 is 0 Å². The molecule has 1 aromatic heterocycles. The van der Waals surface area contributed by atoms with Crippen LogP contribution in [-0.4, -0.2) is 22.9 Å². The topological polar surface area (TPSA) is 94.4 Å². The Morgan fingerprint density at radius 1 is 1.00 bits per heavy atom. The fraction of sp³-hybridized carbons (Fsp3) is 0.0833. The molecule has 4 aromatic rings. The standard InChI is InChI=1S/C24H19N3O4/c1-15-3-12-22-20(13-15)21(14-23(26-22)16-4-10-19(31-2)11-5-16)24(28)25-17-6-8-18(9-7-17)27(29)30/h3-14H,1-2H3,(H,25,28). The summed E-state index contributed by atoms with van der Waals surface area (Å²) in [6, 6.07) is 20.7. The predicted molar refractivity (Wildman–Crippen MR) is 120 cm³/mol. The summed E-state index contributed by atoms with van der Waals surface area (Å²) in [4.78, 5) is 28.2. The number of nitrogens with zero attached hydrogens (tertiary/aromatic N) is 2. The minimum Gasteiger partial charge on any atom is -0.497 e. The van der Waals surface area contributed by atoms with E-state index in [4.69, 9.17) is 9.72 Å². The van der Waals surface area contributed by atoms with E-state index < -0.39 is 4.92 Å². The summed E-state index contributed by atoms with van der Waals surface area (Å²) in [5, 5.41) is 14.4. The first kappa shape index (κ1) is 20.0. The number of amides is 1. The number of nitro groups is 1. The minimum atomic E-state index is -0.480. The molecule has 31 heavy (non-hydrogen) atoms. The van der Waals surface area contributed by atoms with Gasteiger partial charge in [-0.25, -0.2) is 4.98 Å². The number of fused-ring (bicyclic) bond motifs is 1. The lowest BCUT2D eigenvalue weighted by atomic mass is 10.0. The minimum absolute atomic E-state index is 0.0372. The van der Waals surface area contributed by atoms with E-state index >= 15 is 0 Å². The van der Waals surface area contributed by atoms with E-state index in [-0.39, 0.29) is 11.6 Å². The van der Waals surface area contributed by atoms with Crippen LogP contribution in [-0.2, 0) is 0 Å². The highest BCUT2D eigenvalue weighted by Gasteiger charge is 2.15. The lowest BCUT2D eigenvalue weighted by Crippen LogP contribution is -2.13. The molecule has 0 unspecified atom stereocenters. The van der Waals surface area contributed by atoms with E-state index in [0.717, 1.165) is 22.3 Å². The van der Waals surface area contributed by atoms with Gasteiger partial charge in [0.25, 0.3) is 11.6 Å². The summed E-state index contributed by atoms with van der Waals surface area (Å²) in [7, 11) is 1.60. The van der Waals surface area contributed by atoms with Gasteiger partial charge < -0.3 is 10.1 Å². The number of ether oxygens (including phenoxy) is 1. The van der Waals surface area contributed by atoms with Gasteiger partial charge in [-0.3, -0.25) is 14.9 Å². The highest BCUT2D eigenvalue weighted by molar-refractivity contribution is 6.13. The highest BCUT2D eigenvalue weighted by Crippen LogP contribution is 2.28. The molecular formula is C24H19N3O4. The second-order valence-corrected chi connectivity index (χ2v) is 7.06. The molecule has 7 heteroatoms. The molecule has 0 atom stereocenters. The third kappa shape index (κ3) is 4.20. The molecule has 154 valence electrons. The van der Waals surface area contributed by atoms with Crippen molar-refractivity contribution in [2.24, 2.45) is 0 Å². The van der Waals surface area contributed by atoms with E-state index in [0.29, 0.717) is 22.5 Å². The van der Waals surface area contributed by atoms with Gasteiger partial charge in [-0.2, -0.15) is 0 Å². The molecule has 0 saturated heterocycles. The molecule has 0 aliphatic rings. The Morgan fingerprint density at radius 2 is 1.71 bits per heavy atom. The first-order valence-electron chi connectivity index (χ1n) is 9.56. The summed E-state index contributed by atoms with van der Waals surface area (Å²) in [5.74, 6) is 0.415. The van der Waals surface area contributed by atoms with Gasteiger partial charge in [0.05, 0.1) is 28.8 Å². The van der Waals surface area contributed by atoms with Gasteiger partial charge in [0.15, 0.2) is 0 Å². The average Bonchev–Trinajstić information content (AvgIpc) is 2.78. The summed E-state index contributed by atoms with van der Waals surface area (Å²) in [5.41, 5.74) is 4.13. The van der Waals surface area contributed by atoms with Crippen molar-refractivity contribution in [1.82, 2.24) is 4.98 Å². The summed E-state index contributed by atoms with van der Waals surface area (Å²) >= 11 is 0. The SMILES string of the molecule is COc1ccc(-c2cc(C(=O)Nc3ccc([N+](=O)[O-])cc3)c3cc(C)ccc3n2)cc1. The Hall–Kier alpha value is -4.26. The number of carbonyl (C=O) groups excluding carboxylic acids is 1. The summed E-state index contributed by atoms with van der Waals surface area (Å²) in [6.07, 6.45) is 0. The number of rotatable bonds is 5. The Morgan fingerprint density at radius 3 is 2.35 bits per heavy atom. The first-order chi connectivity index (χ1) is 14.9. The fourth-order valence-electron chi connectivity index (χ4n) is 3.30. The van der Waals surface area contributed by atoms with Crippen LogP contribution in [0.2, 0.25) is 0 Å². The number of benzene rings is 3. The van der Waals surface area contributed by atoms with E-state index in [1.165, 1.54) is 24.3 Å². The molecule has 0 fully saturated rings. The van der Waals surface area contributed by atoms with Crippen molar-refractivity contribution in [2.75, 3.05) is 12.4 Å². The summed E-state index contributed by atoms with van der Waals surface area (Å²) < 4.78 is 5.21. The molecule has 1 amide bonds. The van der Waals surface area contributed by atoms with Crippen LogP contribution in [0.5, 0.6) is 5.75 Å². The Kier molecular flexibility index (Phi) is 5.32. The van der Waals surface area contributed by atoms with Crippen molar-refractivity contribution in [3.63, 3.8) is 0 Å². The number of aromatic nitrogens is 1. The van der Waals surface area contributed by atoms with Crippen LogP contribution in [0.1, 0.15) is 15.9 Å². The number of pyridine rings is 1. The van der Waals surface area contributed by atoms with Gasteiger partial charge in [-0.05, 0) is 61.5 Å². The number of nitrogens with one attached hydrogen (secondary N) is 1. The Labute approximate surface area is 178 Å². The molecule has 0 spiro atoms. The second kappa shape index (κ2) is 8.23. The zero-order valence-electron chi connectivity index (χ0n) is 17.0. The van der Waals surface area contributed by atoms with Crippen molar-refractivity contribution in [2.45, 2.75) is 6.92 Å². The maximum absolute atomic E-state index is 13.1. The molecule has 0 radical (unpaired) electrons. The number of nitro benzene ring substituents is 1. The van der Waals surface area contributed by atoms with E-state index in [1.807, 2.05) is 49.4 Å². The highest BCUT2D eigenvalue weighted by atomic mass is 16.6. The van der Waals surface area contributed by atoms with E-state index in [9.17, 15) is 14.9 Å². The number of hydrogen-bond donors (Lipinski definition) is 1. The fourth-order valence-corrected chi connectivity index (χ4v) is 3.30. The van der Waals surface area contributed by atoms with Crippen molar-refractivity contribution in [1.29, 1.82) is 0 Å². The van der Waals surface area contributed by atoms with Crippen LogP contribution < -0.4 is 10.1 Å². The molecule has 7 nitrogen and oxygen atoms in total. The lowest BCUT2D eigenvalue weighted by molar-refractivity contribution is -0.384. The zero-order chi connectivity index (χ0) is 22.0. The van der Waals surface area contributed by atoms with Crippen molar-refractivity contribution in [3.05, 3.63) is 94.0 Å². The van der Waals surface area contributed by atoms with Crippen molar-refractivity contribution < 1.29 is 14.5 Å². The van der Waals surface area contributed by atoms with E-state index in [2.05, 4.69) is 5.32 Å². The van der Waals surface area contributed by atoms with Crippen LogP contribution in [0.25, 0.3) is 22.2 Å². The van der Waals surface area contributed by atoms with Crippen molar-refractivity contribution >= 4 is 28.2 Å². The van der Waals surface area contributed by atoms with Crippen LogP contribution in [0.3, 0.4) is 0 Å². The maximum Gasteiger partial charge on any atom is 0.269 e. The maximum atomic E-state index is 13.1. The number of aryl methyl sites for hydroxylation is 1. The quantitative estimate of drug-likeness (QED) is 0.350. The van der Waals surface area contributed by atoms with Crippen LogP contribution in [0.15, 0.2) is 72.8 Å². The number of hydrogen-bond acceptors (Lipinski definition) is 5. The first-order valence-corrected chi connectivity index (χ1v) is 9.56. The average molecular weight is 413 g/mol. The number of methoxy groups -OCH3 is 1. The number of carbonyl (C=O) groups is 1. The van der Waals surface area contributed by atoms with Gasteiger partial charge in [-0.1, -0.05) is 11.6 Å². The molecule has 0 aliphatic carbocycles. The largest absolute Gasteiger partial charge is 0.497 e. The van der Waals surface area contributed by atoms with Gasteiger partial charge in [-0.15, -0.1) is 0 Å². The molecular weight excluding hydrogens is 394 g/mol. The van der Waals surface area contributed by atoms with Crippen LogP contribution >= 0.6 is 0 Å². The molecule has 4 rings (SSSR count). The monoisotopic (exact) mass is 413 g/mol. The second-order valence-electron chi connectivity index (χ2n) is 7.06. The predicted octanol–water partition coefficient (Wildman–Crippen LogP) is 5.38. The van der Waals surface area contributed by atoms with Gasteiger partial charge in [0.2, 0.25) is 0 Å². The van der Waals surface area contributed by atoms with Crippen molar-refractivity contribution in [3.8, 4) is 17.0 Å². The molecule has 1 N–H and O–H groups in total. The molecule has 0 bridgehead atoms. The molecule has 0 aliphatic heterocycles. The van der Waals surface area contributed by atoms with Crippen LogP contribution in [0.4, 0.5) is 11.4 Å². The molecule has 3 aromatic carbocycles. The third-order valence-electron chi connectivity index (χ3n) is 4.93. The Balaban J connectivity index is 1.76. The smallest absolute Gasteiger partial charge is 0.269 e. The Bertz CT molecular complexity index is 1280. The zero-order valence-corrected chi connectivity index (χ0v) is 17.0. The summed E-state index contributed by atoms with van der Waals surface area (Å²) in [6.45, 7) is 1.95. The van der Waals surface area contributed by atoms with Gasteiger partial charge in [0.1, 0.15) is 5.75 Å². The normalized spacial score (nSPS) is 10.6. The van der Waals surface area contributed by atoms with E-state index in [1.54, 1.807) is 13.2 Å².